The predicted octanol–water partition coefficient (Wildman–Crippen LogP) is 1.73. The van der Waals surface area contributed by atoms with Crippen LogP contribution in [-0.4, -0.2) is 18.1 Å². The number of hydrogen-bond acceptors (Lipinski definition) is 4. The number of isocyanates is 1. The van der Waals surface area contributed by atoms with Gasteiger partial charge in [-0.05, 0) is 37.5 Å². The van der Waals surface area contributed by atoms with Crippen molar-refractivity contribution >= 4 is 17.7 Å². The molecular weight excluding hydrogens is 232 g/mol. The van der Waals surface area contributed by atoms with Crippen molar-refractivity contribution in [2.45, 2.75) is 31.4 Å². The van der Waals surface area contributed by atoms with E-state index in [1.807, 2.05) is 12.1 Å². The van der Waals surface area contributed by atoms with Crippen LogP contribution >= 0.6 is 0 Å². The number of carbonyl (C=O) groups is 1. The summed E-state index contributed by atoms with van der Waals surface area (Å²) in [6.45, 7) is 1.70. The monoisotopic (exact) mass is 244 g/mol. The minimum Gasteiger partial charge on any atom is -0.479 e. The molecule has 1 saturated carbocycles. The molecule has 1 heterocycles. The van der Waals surface area contributed by atoms with Crippen LogP contribution in [0.2, 0.25) is 0 Å². The Bertz CT molecular complexity index is 572. The Balaban J connectivity index is 1.99. The Morgan fingerprint density at radius 2 is 2.28 bits per heavy atom. The van der Waals surface area contributed by atoms with Crippen LogP contribution in [0.25, 0.3) is 0 Å². The van der Waals surface area contributed by atoms with Gasteiger partial charge in [0.2, 0.25) is 6.08 Å². The Labute approximate surface area is 104 Å². The van der Waals surface area contributed by atoms with Gasteiger partial charge in [0.1, 0.15) is 5.75 Å². The number of nitrogens with one attached hydrogen (secondary N) is 1. The number of hydrogen-bond donors (Lipinski definition) is 1. The molecule has 92 valence electrons. The molecule has 2 aliphatic rings. The molecule has 1 atom stereocenters. The molecule has 0 saturated heterocycles. The number of amides is 1. The van der Waals surface area contributed by atoms with Crippen molar-refractivity contribution in [2.75, 3.05) is 5.32 Å². The van der Waals surface area contributed by atoms with Crippen LogP contribution in [0.4, 0.5) is 5.69 Å². The van der Waals surface area contributed by atoms with E-state index in [1.54, 1.807) is 19.1 Å². The minimum atomic E-state index is -0.480. The summed E-state index contributed by atoms with van der Waals surface area (Å²) in [7, 11) is 0. The Kier molecular flexibility index (Phi) is 2.25. The molecule has 5 nitrogen and oxygen atoms in total. The Hall–Kier alpha value is -2.13. The average molecular weight is 244 g/mol. The van der Waals surface area contributed by atoms with Gasteiger partial charge < -0.3 is 10.1 Å². The summed E-state index contributed by atoms with van der Waals surface area (Å²) in [5, 5.41) is 2.79. The van der Waals surface area contributed by atoms with E-state index in [-0.39, 0.29) is 5.91 Å². The van der Waals surface area contributed by atoms with Crippen molar-refractivity contribution in [3.63, 3.8) is 0 Å². The zero-order chi connectivity index (χ0) is 12.8. The summed E-state index contributed by atoms with van der Waals surface area (Å²) in [5.41, 5.74) is 1.14. The maximum Gasteiger partial charge on any atom is 0.265 e. The number of fused-ring (bicyclic) bond motifs is 1. The summed E-state index contributed by atoms with van der Waals surface area (Å²) in [6, 6.07) is 5.52. The maximum absolute atomic E-state index is 11.5. The van der Waals surface area contributed by atoms with Gasteiger partial charge in [-0.1, -0.05) is 6.07 Å². The third-order valence-electron chi connectivity index (χ3n) is 3.43. The van der Waals surface area contributed by atoms with Gasteiger partial charge >= 0.3 is 0 Å². The summed E-state index contributed by atoms with van der Waals surface area (Å²) >= 11 is 0. The highest BCUT2D eigenvalue weighted by Gasteiger charge is 2.45. The summed E-state index contributed by atoms with van der Waals surface area (Å²) in [6.07, 6.45) is 2.82. The lowest BCUT2D eigenvalue weighted by atomic mass is 10.0. The zero-order valence-corrected chi connectivity index (χ0v) is 9.90. The van der Waals surface area contributed by atoms with E-state index in [1.165, 1.54) is 0 Å². The number of aliphatic imine (C=N–C) groups is 1. The first kappa shape index (κ1) is 11.0. The van der Waals surface area contributed by atoms with Crippen molar-refractivity contribution in [3.05, 3.63) is 23.8 Å². The van der Waals surface area contributed by atoms with E-state index in [2.05, 4.69) is 10.3 Å². The summed E-state index contributed by atoms with van der Waals surface area (Å²) < 4.78 is 5.47. The molecule has 5 heteroatoms. The lowest BCUT2D eigenvalue weighted by molar-refractivity contribution is -0.122. The van der Waals surface area contributed by atoms with E-state index >= 15 is 0 Å². The molecule has 1 fully saturated rings. The van der Waals surface area contributed by atoms with Crippen molar-refractivity contribution in [1.29, 1.82) is 0 Å². The fourth-order valence-corrected chi connectivity index (χ4v) is 2.17. The second-order valence-electron chi connectivity index (χ2n) is 4.69. The number of carbonyl (C=O) groups excluding carboxylic acids is 2. The van der Waals surface area contributed by atoms with Crippen molar-refractivity contribution in [1.82, 2.24) is 0 Å². The second kappa shape index (κ2) is 3.68. The van der Waals surface area contributed by atoms with Crippen molar-refractivity contribution in [2.24, 2.45) is 4.99 Å². The molecule has 1 aromatic rings. The highest BCUT2D eigenvalue weighted by Crippen LogP contribution is 2.50. The molecule has 0 bridgehead atoms. The molecule has 1 unspecified atom stereocenters. The van der Waals surface area contributed by atoms with Gasteiger partial charge in [0.05, 0.1) is 11.2 Å². The molecule has 1 N–H and O–H groups in total. The average Bonchev–Trinajstić information content (AvgIpc) is 3.11. The van der Waals surface area contributed by atoms with Gasteiger partial charge in [-0.2, -0.15) is 4.99 Å². The number of rotatable bonds is 2. The second-order valence-corrected chi connectivity index (χ2v) is 4.69. The highest BCUT2D eigenvalue weighted by molar-refractivity contribution is 5.97. The smallest absolute Gasteiger partial charge is 0.265 e. The first-order chi connectivity index (χ1) is 8.64. The third-order valence-corrected chi connectivity index (χ3v) is 3.43. The van der Waals surface area contributed by atoms with Crippen LogP contribution in [0.15, 0.2) is 23.2 Å². The molecule has 0 aromatic heterocycles. The minimum absolute atomic E-state index is 0.164. The molecular formula is C13H12N2O3. The largest absolute Gasteiger partial charge is 0.479 e. The van der Waals surface area contributed by atoms with E-state index in [4.69, 9.17) is 4.74 Å². The van der Waals surface area contributed by atoms with Crippen molar-refractivity contribution in [3.8, 4) is 5.75 Å². The topological polar surface area (TPSA) is 67.8 Å². The van der Waals surface area contributed by atoms with Crippen LogP contribution in [-0.2, 0) is 15.1 Å². The van der Waals surface area contributed by atoms with E-state index in [9.17, 15) is 9.59 Å². The molecule has 3 rings (SSSR count). The first-order valence-electron chi connectivity index (χ1n) is 5.86. The number of anilines is 1. The van der Waals surface area contributed by atoms with Crippen LogP contribution < -0.4 is 10.1 Å². The molecule has 1 aliphatic heterocycles. The van der Waals surface area contributed by atoms with Gasteiger partial charge in [-0.3, -0.25) is 4.79 Å². The third kappa shape index (κ3) is 1.60. The van der Waals surface area contributed by atoms with Gasteiger partial charge in [0, 0.05) is 0 Å². The SMILES string of the molecule is CC1Oc2ccc(C3(N=C=O)CC3)cc2NC1=O. The lowest BCUT2D eigenvalue weighted by Gasteiger charge is -2.24. The van der Waals surface area contributed by atoms with Gasteiger partial charge in [0.15, 0.2) is 6.10 Å². The number of benzene rings is 1. The fraction of sp³-hybridized carbons (Fsp3) is 0.385. The number of ether oxygens (including phenoxy) is 1. The standard InChI is InChI=1S/C13H12N2O3/c1-8-12(17)15-10-6-9(2-3-11(10)18-8)13(4-5-13)14-7-16/h2-3,6,8H,4-5H2,1H3,(H,15,17). The fourth-order valence-electron chi connectivity index (χ4n) is 2.17. The maximum atomic E-state index is 11.5. The van der Waals surface area contributed by atoms with Crippen LogP contribution in [0.3, 0.4) is 0 Å². The number of nitrogens with zero attached hydrogens (tertiary/aromatic N) is 1. The van der Waals surface area contributed by atoms with Crippen molar-refractivity contribution < 1.29 is 14.3 Å². The quantitative estimate of drug-likeness (QED) is 0.636. The lowest BCUT2D eigenvalue weighted by Crippen LogP contribution is -2.34. The normalized spacial score (nSPS) is 23.2. The predicted molar refractivity (Wildman–Crippen MR) is 64.2 cm³/mol. The van der Waals surface area contributed by atoms with Crippen LogP contribution in [0.5, 0.6) is 5.75 Å². The molecule has 1 aliphatic carbocycles. The summed E-state index contributed by atoms with van der Waals surface area (Å²) in [4.78, 5) is 25.8. The van der Waals surface area contributed by atoms with Crippen LogP contribution in [0, 0.1) is 0 Å². The summed E-state index contributed by atoms with van der Waals surface area (Å²) in [5.74, 6) is 0.486. The molecule has 0 radical (unpaired) electrons. The van der Waals surface area contributed by atoms with Gasteiger partial charge in [-0.15, -0.1) is 0 Å². The molecule has 0 spiro atoms. The van der Waals surface area contributed by atoms with Crippen LogP contribution in [0.1, 0.15) is 25.3 Å². The van der Waals surface area contributed by atoms with Gasteiger partial charge in [0.25, 0.3) is 5.91 Å². The molecule has 1 amide bonds. The van der Waals surface area contributed by atoms with E-state index in [0.29, 0.717) is 11.4 Å². The Morgan fingerprint density at radius 3 is 2.94 bits per heavy atom. The first-order valence-corrected chi connectivity index (χ1v) is 5.86. The molecule has 18 heavy (non-hydrogen) atoms. The molecule has 1 aromatic carbocycles. The Morgan fingerprint density at radius 1 is 1.50 bits per heavy atom. The van der Waals surface area contributed by atoms with E-state index in [0.717, 1.165) is 18.4 Å². The zero-order valence-electron chi connectivity index (χ0n) is 9.90. The van der Waals surface area contributed by atoms with Gasteiger partial charge in [-0.25, -0.2) is 4.79 Å². The highest BCUT2D eigenvalue weighted by atomic mass is 16.5. The van der Waals surface area contributed by atoms with E-state index < -0.39 is 11.6 Å².